The number of amides is 1. The van der Waals surface area contributed by atoms with Crippen LogP contribution in [-0.4, -0.2) is 10.9 Å². The van der Waals surface area contributed by atoms with Crippen molar-refractivity contribution >= 4 is 27.9 Å². The zero-order chi connectivity index (χ0) is 24.3. The fourth-order valence-corrected chi connectivity index (χ4v) is 4.82. The number of nitrogens with one attached hydrogen (secondary N) is 2. The minimum atomic E-state index is -4.52. The Labute approximate surface area is 199 Å². The van der Waals surface area contributed by atoms with Crippen LogP contribution in [0.25, 0.3) is 0 Å². The van der Waals surface area contributed by atoms with Crippen molar-refractivity contribution in [1.82, 2.24) is 4.98 Å². The molecule has 2 aromatic carbocycles. The van der Waals surface area contributed by atoms with Crippen LogP contribution >= 0.6 is 11.3 Å². The minimum absolute atomic E-state index is 0.0487. The van der Waals surface area contributed by atoms with Crippen LogP contribution in [0.3, 0.4) is 0 Å². The summed E-state index contributed by atoms with van der Waals surface area (Å²) in [6.45, 7) is 3.83. The van der Waals surface area contributed by atoms with Gasteiger partial charge in [-0.15, -0.1) is 11.3 Å². The molecule has 2 heterocycles. The lowest BCUT2D eigenvalue weighted by Gasteiger charge is -2.24. The highest BCUT2D eigenvalue weighted by molar-refractivity contribution is 7.16. The predicted octanol–water partition coefficient (Wildman–Crippen LogP) is 7.23. The van der Waals surface area contributed by atoms with Gasteiger partial charge >= 0.3 is 6.18 Å². The SMILES string of the molecule is Cc1sc(NC(=O)c2ccccc2)c([C@@H](Nc2ccccc2C(F)(F)F)c2cccnc2)c1C. The molecule has 0 aliphatic heterocycles. The number of benzene rings is 2. The van der Waals surface area contributed by atoms with Gasteiger partial charge in [0.15, 0.2) is 0 Å². The van der Waals surface area contributed by atoms with E-state index in [1.165, 1.54) is 23.5 Å². The van der Waals surface area contributed by atoms with Gasteiger partial charge in [0.1, 0.15) is 5.00 Å². The number of aromatic nitrogens is 1. The normalized spacial score (nSPS) is 12.3. The molecule has 2 N–H and O–H groups in total. The first-order valence-electron chi connectivity index (χ1n) is 10.5. The van der Waals surface area contributed by atoms with Gasteiger partial charge in [-0.05, 0) is 55.3 Å². The quantitative estimate of drug-likeness (QED) is 0.305. The summed E-state index contributed by atoms with van der Waals surface area (Å²) in [5.41, 5.74) is 1.95. The van der Waals surface area contributed by atoms with Crippen molar-refractivity contribution in [3.05, 3.63) is 112 Å². The summed E-state index contributed by atoms with van der Waals surface area (Å²) < 4.78 is 41.2. The fourth-order valence-electron chi connectivity index (χ4n) is 3.73. The summed E-state index contributed by atoms with van der Waals surface area (Å²) in [6.07, 6.45) is -1.30. The maximum Gasteiger partial charge on any atom is 0.418 e. The van der Waals surface area contributed by atoms with Crippen LogP contribution in [-0.2, 0) is 6.18 Å². The van der Waals surface area contributed by atoms with Crippen molar-refractivity contribution in [3.8, 4) is 0 Å². The largest absolute Gasteiger partial charge is 0.418 e. The van der Waals surface area contributed by atoms with E-state index >= 15 is 0 Å². The third-order valence-electron chi connectivity index (χ3n) is 5.53. The monoisotopic (exact) mass is 481 g/mol. The van der Waals surface area contributed by atoms with E-state index in [0.29, 0.717) is 21.7 Å². The van der Waals surface area contributed by atoms with E-state index in [4.69, 9.17) is 0 Å². The van der Waals surface area contributed by atoms with Crippen LogP contribution in [0.2, 0.25) is 0 Å². The number of para-hydroxylation sites is 1. The third kappa shape index (κ3) is 4.97. The standard InChI is InChI=1S/C26H22F3N3OS/c1-16-17(2)34-25(32-24(33)18-9-4-3-5-10-18)22(16)23(19-11-8-14-30-15-19)31-21-13-7-6-12-20(21)26(27,28)29/h3-15,23,31H,1-2H3,(H,32,33)/t23-/m0/s1. The summed E-state index contributed by atoms with van der Waals surface area (Å²) in [7, 11) is 0. The first-order valence-corrected chi connectivity index (χ1v) is 11.4. The summed E-state index contributed by atoms with van der Waals surface area (Å²) in [5, 5.41) is 6.63. The lowest BCUT2D eigenvalue weighted by atomic mass is 9.96. The molecule has 1 atom stereocenters. The molecule has 0 bridgehead atoms. The molecular formula is C26H22F3N3OS. The van der Waals surface area contributed by atoms with E-state index in [0.717, 1.165) is 16.5 Å². The number of thiophene rings is 1. The smallest absolute Gasteiger partial charge is 0.373 e. The van der Waals surface area contributed by atoms with E-state index < -0.39 is 17.8 Å². The molecule has 174 valence electrons. The molecule has 1 amide bonds. The second-order valence-electron chi connectivity index (χ2n) is 7.75. The van der Waals surface area contributed by atoms with Gasteiger partial charge in [0.05, 0.1) is 11.6 Å². The Morgan fingerprint density at radius 2 is 1.68 bits per heavy atom. The maximum absolute atomic E-state index is 13.7. The van der Waals surface area contributed by atoms with Crippen molar-refractivity contribution in [2.24, 2.45) is 0 Å². The maximum atomic E-state index is 13.7. The van der Waals surface area contributed by atoms with Crippen molar-refractivity contribution in [1.29, 1.82) is 0 Å². The highest BCUT2D eigenvalue weighted by Gasteiger charge is 2.34. The molecule has 4 rings (SSSR count). The molecule has 0 saturated carbocycles. The highest BCUT2D eigenvalue weighted by atomic mass is 32.1. The van der Waals surface area contributed by atoms with Crippen molar-refractivity contribution < 1.29 is 18.0 Å². The Kier molecular flexibility index (Phi) is 6.70. The second-order valence-corrected chi connectivity index (χ2v) is 8.98. The number of hydrogen-bond acceptors (Lipinski definition) is 4. The lowest BCUT2D eigenvalue weighted by molar-refractivity contribution is -0.137. The summed E-state index contributed by atoms with van der Waals surface area (Å²) in [5.74, 6) is -0.288. The number of aryl methyl sites for hydroxylation is 1. The van der Waals surface area contributed by atoms with E-state index in [2.05, 4.69) is 15.6 Å². The molecule has 0 saturated heterocycles. The van der Waals surface area contributed by atoms with Crippen LogP contribution in [0, 0.1) is 13.8 Å². The number of hydrogen-bond donors (Lipinski definition) is 2. The van der Waals surface area contributed by atoms with Gasteiger partial charge in [-0.1, -0.05) is 36.4 Å². The molecule has 8 heteroatoms. The minimum Gasteiger partial charge on any atom is -0.373 e. The Bertz CT molecular complexity index is 1290. The van der Waals surface area contributed by atoms with E-state index in [-0.39, 0.29) is 11.6 Å². The van der Waals surface area contributed by atoms with Gasteiger partial charge in [-0.25, -0.2) is 0 Å². The molecule has 0 radical (unpaired) electrons. The zero-order valence-electron chi connectivity index (χ0n) is 18.5. The van der Waals surface area contributed by atoms with Gasteiger partial charge < -0.3 is 10.6 Å². The first-order chi connectivity index (χ1) is 16.3. The van der Waals surface area contributed by atoms with Crippen molar-refractivity contribution in [2.75, 3.05) is 10.6 Å². The van der Waals surface area contributed by atoms with Gasteiger partial charge in [-0.2, -0.15) is 13.2 Å². The van der Waals surface area contributed by atoms with E-state index in [1.54, 1.807) is 54.9 Å². The number of pyridine rings is 1. The van der Waals surface area contributed by atoms with Crippen LogP contribution in [0.5, 0.6) is 0 Å². The predicted molar refractivity (Wildman–Crippen MR) is 129 cm³/mol. The van der Waals surface area contributed by atoms with Gasteiger partial charge in [0.2, 0.25) is 0 Å². The van der Waals surface area contributed by atoms with Crippen molar-refractivity contribution in [3.63, 3.8) is 0 Å². The molecule has 4 nitrogen and oxygen atoms in total. The number of anilines is 2. The molecule has 0 fully saturated rings. The van der Waals surface area contributed by atoms with Crippen LogP contribution in [0.15, 0.2) is 79.1 Å². The number of alkyl halides is 3. The van der Waals surface area contributed by atoms with Crippen LogP contribution in [0.4, 0.5) is 23.9 Å². The number of carbonyl (C=O) groups excluding carboxylic acids is 1. The van der Waals surface area contributed by atoms with Crippen LogP contribution < -0.4 is 10.6 Å². The van der Waals surface area contributed by atoms with Crippen LogP contribution in [0.1, 0.15) is 43.5 Å². The topological polar surface area (TPSA) is 54.0 Å². The number of nitrogens with zero attached hydrogens (tertiary/aromatic N) is 1. The Balaban J connectivity index is 1.81. The Morgan fingerprint density at radius 1 is 0.971 bits per heavy atom. The molecule has 0 aliphatic rings. The zero-order valence-corrected chi connectivity index (χ0v) is 19.3. The third-order valence-corrected chi connectivity index (χ3v) is 6.67. The molecule has 2 aromatic heterocycles. The van der Waals surface area contributed by atoms with Crippen molar-refractivity contribution in [2.45, 2.75) is 26.1 Å². The molecule has 4 aromatic rings. The molecular weight excluding hydrogens is 459 g/mol. The molecule has 0 spiro atoms. The Morgan fingerprint density at radius 3 is 2.35 bits per heavy atom. The fraction of sp³-hybridized carbons (Fsp3) is 0.154. The Hall–Kier alpha value is -3.65. The lowest BCUT2D eigenvalue weighted by Crippen LogP contribution is -2.19. The van der Waals surface area contributed by atoms with Gasteiger partial charge in [0, 0.05) is 34.1 Å². The first kappa shape index (κ1) is 23.5. The molecule has 34 heavy (non-hydrogen) atoms. The summed E-state index contributed by atoms with van der Waals surface area (Å²) in [4.78, 5) is 18.0. The number of rotatable bonds is 6. The molecule has 0 unspecified atom stereocenters. The number of carbonyl (C=O) groups is 1. The average Bonchev–Trinajstić information content (AvgIpc) is 3.11. The van der Waals surface area contributed by atoms with E-state index in [1.807, 2.05) is 19.9 Å². The number of halogens is 3. The second kappa shape index (κ2) is 9.69. The van der Waals surface area contributed by atoms with Gasteiger partial charge in [-0.3, -0.25) is 9.78 Å². The van der Waals surface area contributed by atoms with Gasteiger partial charge in [0.25, 0.3) is 5.91 Å². The highest BCUT2D eigenvalue weighted by Crippen LogP contribution is 2.43. The average molecular weight is 482 g/mol. The van der Waals surface area contributed by atoms with E-state index in [9.17, 15) is 18.0 Å². The summed E-state index contributed by atoms with van der Waals surface area (Å²) >= 11 is 1.39. The molecule has 0 aliphatic carbocycles. The summed E-state index contributed by atoms with van der Waals surface area (Å²) in [6, 6.07) is 17.0.